The van der Waals surface area contributed by atoms with Gasteiger partial charge in [0, 0.05) is 65.0 Å². The zero-order valence-electron chi connectivity index (χ0n) is 26.6. The quantitative estimate of drug-likeness (QED) is 0.189. The van der Waals surface area contributed by atoms with E-state index in [-0.39, 0.29) is 0 Å². The Hall–Kier alpha value is -6.43. The average Bonchev–Trinajstić information content (AvgIpc) is 3.88. The Balaban J connectivity index is 1.07. The van der Waals surface area contributed by atoms with Crippen molar-refractivity contribution in [1.82, 2.24) is 4.98 Å². The molecule has 0 radical (unpaired) electrons. The average molecular weight is 659 g/mol. The minimum absolute atomic E-state index is 0.642. The van der Waals surface area contributed by atoms with Gasteiger partial charge in [-0.3, -0.25) is 0 Å². The molecule has 0 bridgehead atoms. The number of hydrogen-bond acceptors (Lipinski definition) is 5. The van der Waals surface area contributed by atoms with E-state index in [9.17, 15) is 0 Å². The van der Waals surface area contributed by atoms with Crippen molar-refractivity contribution in [3.8, 4) is 11.5 Å². The minimum Gasteiger partial charge on any atom is -0.456 e. The van der Waals surface area contributed by atoms with Crippen LogP contribution in [-0.2, 0) is 0 Å². The number of furan rings is 1. The highest BCUT2D eigenvalue weighted by atomic mass is 32.1. The summed E-state index contributed by atoms with van der Waals surface area (Å²) < 4.78 is 15.3. The Morgan fingerprint density at radius 1 is 0.440 bits per heavy atom. The Labute approximate surface area is 290 Å². The highest BCUT2D eigenvalue weighted by Gasteiger charge is 2.20. The molecule has 11 rings (SSSR count). The van der Waals surface area contributed by atoms with Gasteiger partial charge in [-0.25, -0.2) is 4.98 Å². The van der Waals surface area contributed by atoms with Gasteiger partial charge in [0.05, 0.1) is 0 Å². The van der Waals surface area contributed by atoms with Gasteiger partial charge in [0.15, 0.2) is 5.58 Å². The Kier molecular flexibility index (Phi) is 5.80. The number of fused-ring (bicyclic) bond motifs is 11. The van der Waals surface area contributed by atoms with E-state index in [1.54, 1.807) is 11.3 Å². The maximum absolute atomic E-state index is 6.49. The predicted molar refractivity (Wildman–Crippen MR) is 209 cm³/mol. The van der Waals surface area contributed by atoms with Gasteiger partial charge in [0.25, 0.3) is 0 Å². The zero-order valence-corrected chi connectivity index (χ0v) is 27.4. The molecule has 11 aromatic rings. The molecule has 0 spiro atoms. The van der Waals surface area contributed by atoms with E-state index in [1.165, 1.54) is 25.6 Å². The molecule has 234 valence electrons. The maximum atomic E-state index is 6.49. The zero-order chi connectivity index (χ0) is 32.8. The van der Waals surface area contributed by atoms with Gasteiger partial charge in [0.1, 0.15) is 16.7 Å². The molecule has 0 atom stereocenters. The lowest BCUT2D eigenvalue weighted by atomic mass is 10.0. The van der Waals surface area contributed by atoms with Crippen molar-refractivity contribution >= 4 is 103 Å². The summed E-state index contributed by atoms with van der Waals surface area (Å²) in [6, 6.07) is 55.4. The summed E-state index contributed by atoms with van der Waals surface area (Å²) in [5, 5.41) is 9.30. The first-order valence-corrected chi connectivity index (χ1v) is 17.5. The number of anilines is 3. The van der Waals surface area contributed by atoms with Crippen molar-refractivity contribution < 1.29 is 8.83 Å². The molecule has 5 heteroatoms. The number of thiophene rings is 1. The van der Waals surface area contributed by atoms with E-state index in [1.807, 2.05) is 6.07 Å². The molecule has 0 N–H and O–H groups in total. The normalized spacial score (nSPS) is 12.0. The van der Waals surface area contributed by atoms with E-state index in [2.05, 4.69) is 157 Å². The van der Waals surface area contributed by atoms with Gasteiger partial charge in [0.2, 0.25) is 5.89 Å². The van der Waals surface area contributed by atoms with Crippen LogP contribution >= 0.6 is 11.3 Å². The largest absolute Gasteiger partial charge is 0.456 e. The van der Waals surface area contributed by atoms with Crippen LogP contribution in [0.4, 0.5) is 17.1 Å². The highest BCUT2D eigenvalue weighted by Crippen LogP contribution is 2.45. The Morgan fingerprint density at radius 2 is 1.16 bits per heavy atom. The SMILES string of the molecule is c1ccc(N(c2ccc3c(c2)oc2ccc4ccccc4c23)c2ccc3c(c2)sc2cccc(-c4nc5c(ccc6ccccc65)o4)c23)cc1. The fraction of sp³-hybridized carbons (Fsp3) is 0. The molecule has 50 heavy (non-hydrogen) atoms. The molecule has 0 unspecified atom stereocenters. The molecule has 0 fully saturated rings. The Morgan fingerprint density at radius 3 is 2.02 bits per heavy atom. The van der Waals surface area contributed by atoms with Gasteiger partial charge in [-0.1, -0.05) is 91.0 Å². The fourth-order valence-electron chi connectivity index (χ4n) is 7.61. The van der Waals surface area contributed by atoms with Crippen LogP contribution in [0.25, 0.3) is 86.2 Å². The topological polar surface area (TPSA) is 42.4 Å². The van der Waals surface area contributed by atoms with Crippen LogP contribution in [0.1, 0.15) is 0 Å². The lowest BCUT2D eigenvalue weighted by Gasteiger charge is -2.25. The van der Waals surface area contributed by atoms with Crippen LogP contribution in [0.3, 0.4) is 0 Å². The molecule has 8 aromatic carbocycles. The van der Waals surface area contributed by atoms with E-state index in [0.29, 0.717) is 5.89 Å². The standard InChI is InChI=1S/C45H26N2O2S/c1-2-11-29(12-3-1)47(30-19-21-34-39(25-30)48-37-23-17-27-9-4-6-13-32(27)42(34)37)31-20-22-35-41(26-31)50-40-16-8-15-36(43(35)40)45-46-44-33-14-7-5-10-28(33)18-24-38(44)49-45/h1-26H. The number of para-hydroxylation sites is 1. The second-order valence-corrected chi connectivity index (χ2v) is 13.8. The van der Waals surface area contributed by atoms with Crippen molar-refractivity contribution in [3.63, 3.8) is 0 Å². The molecular weight excluding hydrogens is 633 g/mol. The van der Waals surface area contributed by atoms with E-state index in [4.69, 9.17) is 13.8 Å². The fourth-order valence-corrected chi connectivity index (χ4v) is 8.77. The third-order valence-corrected chi connectivity index (χ3v) is 11.0. The number of benzene rings is 8. The first-order valence-electron chi connectivity index (χ1n) is 16.7. The molecule has 0 saturated heterocycles. The summed E-state index contributed by atoms with van der Waals surface area (Å²) in [4.78, 5) is 7.36. The van der Waals surface area contributed by atoms with Crippen LogP contribution in [0, 0.1) is 0 Å². The van der Waals surface area contributed by atoms with Crippen molar-refractivity contribution in [2.45, 2.75) is 0 Å². The third-order valence-electron chi connectivity index (χ3n) is 9.87. The summed E-state index contributed by atoms with van der Waals surface area (Å²) in [5.74, 6) is 0.642. The van der Waals surface area contributed by atoms with E-state index in [0.717, 1.165) is 71.8 Å². The minimum atomic E-state index is 0.642. The van der Waals surface area contributed by atoms with Crippen molar-refractivity contribution in [1.29, 1.82) is 0 Å². The summed E-state index contributed by atoms with van der Waals surface area (Å²) in [6.45, 7) is 0. The van der Waals surface area contributed by atoms with Gasteiger partial charge in [-0.2, -0.15) is 0 Å². The van der Waals surface area contributed by atoms with Crippen molar-refractivity contribution in [3.05, 3.63) is 158 Å². The van der Waals surface area contributed by atoms with E-state index >= 15 is 0 Å². The van der Waals surface area contributed by atoms with Crippen LogP contribution in [0.2, 0.25) is 0 Å². The molecule has 0 aliphatic carbocycles. The van der Waals surface area contributed by atoms with Crippen LogP contribution in [0.5, 0.6) is 0 Å². The number of hydrogen-bond donors (Lipinski definition) is 0. The van der Waals surface area contributed by atoms with E-state index < -0.39 is 0 Å². The second-order valence-electron chi connectivity index (χ2n) is 12.7. The number of nitrogens with zero attached hydrogens (tertiary/aromatic N) is 2. The Bertz CT molecular complexity index is 3120. The number of oxazole rings is 1. The molecule has 0 aliphatic heterocycles. The summed E-state index contributed by atoms with van der Waals surface area (Å²) in [5.41, 5.74) is 7.65. The third kappa shape index (κ3) is 4.08. The van der Waals surface area contributed by atoms with Gasteiger partial charge in [-0.05, 0) is 76.8 Å². The van der Waals surface area contributed by atoms with Crippen LogP contribution in [-0.4, -0.2) is 4.98 Å². The lowest BCUT2D eigenvalue weighted by Crippen LogP contribution is -2.09. The number of rotatable bonds is 4. The van der Waals surface area contributed by atoms with Gasteiger partial charge < -0.3 is 13.7 Å². The van der Waals surface area contributed by atoms with Crippen LogP contribution in [0.15, 0.2) is 167 Å². The first kappa shape index (κ1) is 27.5. The van der Waals surface area contributed by atoms with Crippen molar-refractivity contribution in [2.75, 3.05) is 4.90 Å². The highest BCUT2D eigenvalue weighted by molar-refractivity contribution is 7.26. The smallest absolute Gasteiger partial charge is 0.228 e. The maximum Gasteiger partial charge on any atom is 0.228 e. The molecule has 3 heterocycles. The summed E-state index contributed by atoms with van der Waals surface area (Å²) in [6.07, 6.45) is 0. The molecule has 0 saturated carbocycles. The lowest BCUT2D eigenvalue weighted by molar-refractivity contribution is 0.621. The molecular formula is C45H26N2O2S. The molecule has 0 aliphatic rings. The summed E-state index contributed by atoms with van der Waals surface area (Å²) >= 11 is 1.79. The van der Waals surface area contributed by atoms with Crippen LogP contribution < -0.4 is 4.90 Å². The van der Waals surface area contributed by atoms with Gasteiger partial charge >= 0.3 is 0 Å². The molecule has 4 nitrogen and oxygen atoms in total. The summed E-state index contributed by atoms with van der Waals surface area (Å²) in [7, 11) is 0. The molecule has 3 aromatic heterocycles. The van der Waals surface area contributed by atoms with Gasteiger partial charge in [-0.15, -0.1) is 11.3 Å². The first-order chi connectivity index (χ1) is 24.8. The predicted octanol–water partition coefficient (Wildman–Crippen LogP) is 13.5. The monoisotopic (exact) mass is 658 g/mol. The van der Waals surface area contributed by atoms with Crippen molar-refractivity contribution in [2.24, 2.45) is 0 Å². The molecule has 0 amide bonds. The number of aromatic nitrogens is 1. The second kappa shape index (κ2) is 10.5.